The van der Waals surface area contributed by atoms with Crippen LogP contribution in [-0.2, 0) is 6.42 Å². The SMILES string of the molecule is CCC1CC(Cc2ccc(C#CC(C)(C)C(C)(C)CCC3CCN(C)CC3)nc2)C1. The molecule has 3 rings (SSSR count). The van der Waals surface area contributed by atoms with Gasteiger partial charge in [0.2, 0.25) is 0 Å². The monoisotopic (exact) mass is 408 g/mol. The minimum atomic E-state index is -0.0279. The maximum Gasteiger partial charge on any atom is 0.113 e. The second-order valence-electron chi connectivity index (χ2n) is 11.4. The zero-order valence-electron chi connectivity index (χ0n) is 20.4. The summed E-state index contributed by atoms with van der Waals surface area (Å²) in [6.07, 6.45) is 12.7. The van der Waals surface area contributed by atoms with E-state index in [0.29, 0.717) is 0 Å². The van der Waals surface area contributed by atoms with Crippen LogP contribution in [0.1, 0.15) is 90.8 Å². The van der Waals surface area contributed by atoms with Crippen LogP contribution in [0.25, 0.3) is 0 Å². The minimum absolute atomic E-state index is 0.0279. The number of piperidine rings is 1. The molecule has 0 bridgehead atoms. The van der Waals surface area contributed by atoms with Crippen molar-refractivity contribution < 1.29 is 0 Å². The van der Waals surface area contributed by atoms with E-state index >= 15 is 0 Å². The van der Waals surface area contributed by atoms with Gasteiger partial charge in [0.15, 0.2) is 0 Å². The highest BCUT2D eigenvalue weighted by molar-refractivity contribution is 5.31. The van der Waals surface area contributed by atoms with Gasteiger partial charge < -0.3 is 4.90 Å². The van der Waals surface area contributed by atoms with Gasteiger partial charge in [0, 0.05) is 11.6 Å². The fraction of sp³-hybridized carbons (Fsp3) is 0.750. The van der Waals surface area contributed by atoms with E-state index in [9.17, 15) is 0 Å². The zero-order valence-corrected chi connectivity index (χ0v) is 20.4. The first kappa shape index (κ1) is 23.3. The van der Waals surface area contributed by atoms with E-state index in [0.717, 1.165) is 23.4 Å². The van der Waals surface area contributed by atoms with Crippen molar-refractivity contribution in [2.45, 2.75) is 86.0 Å². The Labute approximate surface area is 186 Å². The number of pyridine rings is 1. The van der Waals surface area contributed by atoms with Crippen molar-refractivity contribution in [2.24, 2.45) is 28.6 Å². The summed E-state index contributed by atoms with van der Waals surface area (Å²) in [4.78, 5) is 7.12. The number of hydrogen-bond acceptors (Lipinski definition) is 2. The van der Waals surface area contributed by atoms with Crippen molar-refractivity contribution in [1.29, 1.82) is 0 Å². The molecule has 2 heterocycles. The molecule has 166 valence electrons. The van der Waals surface area contributed by atoms with Crippen molar-refractivity contribution >= 4 is 0 Å². The fourth-order valence-corrected chi connectivity index (χ4v) is 4.94. The quantitative estimate of drug-likeness (QED) is 0.473. The molecule has 1 saturated carbocycles. The van der Waals surface area contributed by atoms with Gasteiger partial charge in [-0.1, -0.05) is 39.2 Å². The molecule has 1 aliphatic carbocycles. The molecule has 0 radical (unpaired) electrons. The molecule has 2 fully saturated rings. The highest BCUT2D eigenvalue weighted by Crippen LogP contribution is 2.43. The minimum Gasteiger partial charge on any atom is -0.306 e. The summed E-state index contributed by atoms with van der Waals surface area (Å²) in [5.41, 5.74) is 2.46. The molecule has 0 amide bonds. The van der Waals surface area contributed by atoms with Crippen molar-refractivity contribution in [1.82, 2.24) is 9.88 Å². The third-order valence-corrected chi connectivity index (χ3v) is 8.47. The van der Waals surface area contributed by atoms with Gasteiger partial charge in [-0.15, -0.1) is 0 Å². The molecule has 1 aromatic heterocycles. The summed E-state index contributed by atoms with van der Waals surface area (Å²) in [7, 11) is 2.24. The van der Waals surface area contributed by atoms with E-state index < -0.39 is 0 Å². The first-order chi connectivity index (χ1) is 14.2. The summed E-state index contributed by atoms with van der Waals surface area (Å²) in [5, 5.41) is 0. The highest BCUT2D eigenvalue weighted by Gasteiger charge is 2.36. The average molecular weight is 409 g/mol. The van der Waals surface area contributed by atoms with Crippen LogP contribution in [0.4, 0.5) is 0 Å². The van der Waals surface area contributed by atoms with Crippen LogP contribution in [0.2, 0.25) is 0 Å². The van der Waals surface area contributed by atoms with Crippen LogP contribution in [0, 0.1) is 40.4 Å². The van der Waals surface area contributed by atoms with E-state index in [1.807, 2.05) is 0 Å². The summed E-state index contributed by atoms with van der Waals surface area (Å²) in [6.45, 7) is 14.2. The van der Waals surface area contributed by atoms with Gasteiger partial charge in [-0.25, -0.2) is 4.98 Å². The number of aromatic nitrogens is 1. The van der Waals surface area contributed by atoms with Crippen LogP contribution >= 0.6 is 0 Å². The fourth-order valence-electron chi connectivity index (χ4n) is 4.94. The Balaban J connectivity index is 1.52. The number of likely N-dealkylation sites (tertiary alicyclic amines) is 1. The van der Waals surface area contributed by atoms with Gasteiger partial charge in [0.25, 0.3) is 0 Å². The van der Waals surface area contributed by atoms with Gasteiger partial charge in [0.05, 0.1) is 0 Å². The predicted octanol–water partition coefficient (Wildman–Crippen LogP) is 6.59. The van der Waals surface area contributed by atoms with Crippen LogP contribution in [0.15, 0.2) is 18.3 Å². The lowest BCUT2D eigenvalue weighted by Gasteiger charge is -2.39. The number of nitrogens with zero attached hydrogens (tertiary/aromatic N) is 2. The molecule has 0 atom stereocenters. The zero-order chi connectivity index (χ0) is 21.8. The predicted molar refractivity (Wildman–Crippen MR) is 128 cm³/mol. The lowest BCUT2D eigenvalue weighted by molar-refractivity contribution is 0.131. The van der Waals surface area contributed by atoms with Crippen molar-refractivity contribution in [2.75, 3.05) is 20.1 Å². The Hall–Kier alpha value is -1.33. The second-order valence-corrected chi connectivity index (χ2v) is 11.4. The Kier molecular flexibility index (Phi) is 7.67. The van der Waals surface area contributed by atoms with Crippen molar-refractivity contribution in [3.8, 4) is 11.8 Å². The molecule has 1 aliphatic heterocycles. The van der Waals surface area contributed by atoms with Crippen LogP contribution in [0.5, 0.6) is 0 Å². The second kappa shape index (κ2) is 9.86. The Morgan fingerprint density at radius 3 is 2.33 bits per heavy atom. The molecule has 0 unspecified atom stereocenters. The standard InChI is InChI=1S/C28H44N2/c1-7-22-18-25(19-22)20-24-8-9-26(29-21-24)11-15-28(4,5)27(2,3)14-10-23-12-16-30(6)17-13-23/h8-9,21-23,25H,7,10,12-14,16-20H2,1-6H3. The summed E-state index contributed by atoms with van der Waals surface area (Å²) in [5.74, 6) is 9.71. The van der Waals surface area contributed by atoms with E-state index in [-0.39, 0.29) is 10.8 Å². The van der Waals surface area contributed by atoms with E-state index in [4.69, 9.17) is 0 Å². The molecule has 2 nitrogen and oxygen atoms in total. The molecular weight excluding hydrogens is 364 g/mol. The Morgan fingerprint density at radius 2 is 1.73 bits per heavy atom. The van der Waals surface area contributed by atoms with E-state index in [2.05, 4.69) is 81.7 Å². The average Bonchev–Trinajstić information content (AvgIpc) is 2.69. The van der Waals surface area contributed by atoms with Gasteiger partial charge in [-0.05, 0) is 120 Å². The summed E-state index contributed by atoms with van der Waals surface area (Å²) >= 11 is 0. The molecule has 2 heteroatoms. The van der Waals surface area contributed by atoms with Crippen LogP contribution < -0.4 is 0 Å². The van der Waals surface area contributed by atoms with E-state index in [1.54, 1.807) is 0 Å². The third-order valence-electron chi connectivity index (χ3n) is 8.47. The molecule has 0 N–H and O–H groups in total. The molecule has 0 aromatic carbocycles. The molecule has 1 saturated heterocycles. The molecule has 2 aliphatic rings. The highest BCUT2D eigenvalue weighted by atomic mass is 15.1. The molecule has 0 spiro atoms. The summed E-state index contributed by atoms with van der Waals surface area (Å²) in [6, 6.07) is 4.37. The smallest absolute Gasteiger partial charge is 0.113 e. The third kappa shape index (κ3) is 6.10. The Morgan fingerprint density at radius 1 is 1.03 bits per heavy atom. The van der Waals surface area contributed by atoms with Crippen molar-refractivity contribution in [3.63, 3.8) is 0 Å². The maximum absolute atomic E-state index is 4.66. The van der Waals surface area contributed by atoms with E-state index in [1.165, 1.54) is 70.0 Å². The number of hydrogen-bond donors (Lipinski definition) is 0. The first-order valence-corrected chi connectivity index (χ1v) is 12.3. The largest absolute Gasteiger partial charge is 0.306 e. The first-order valence-electron chi connectivity index (χ1n) is 12.3. The van der Waals surface area contributed by atoms with Gasteiger partial charge in [-0.2, -0.15) is 0 Å². The van der Waals surface area contributed by atoms with Gasteiger partial charge in [-0.3, -0.25) is 0 Å². The molecule has 1 aromatic rings. The van der Waals surface area contributed by atoms with Crippen molar-refractivity contribution in [3.05, 3.63) is 29.6 Å². The van der Waals surface area contributed by atoms with Crippen LogP contribution in [-0.4, -0.2) is 30.0 Å². The topological polar surface area (TPSA) is 16.1 Å². The normalized spacial score (nSPS) is 23.5. The van der Waals surface area contributed by atoms with Gasteiger partial charge in [0.1, 0.15) is 5.69 Å². The lowest BCUT2D eigenvalue weighted by Crippen LogP contribution is -2.34. The Bertz CT molecular complexity index is 720. The molecule has 30 heavy (non-hydrogen) atoms. The summed E-state index contributed by atoms with van der Waals surface area (Å²) < 4.78 is 0. The lowest BCUT2D eigenvalue weighted by atomic mass is 9.65. The molecular formula is C28H44N2. The maximum atomic E-state index is 4.66. The number of rotatable bonds is 7. The van der Waals surface area contributed by atoms with Gasteiger partial charge >= 0.3 is 0 Å². The van der Waals surface area contributed by atoms with Crippen LogP contribution in [0.3, 0.4) is 0 Å².